The molecule has 2 aromatic rings. The summed E-state index contributed by atoms with van der Waals surface area (Å²) in [7, 11) is 0. The van der Waals surface area contributed by atoms with Gasteiger partial charge in [0, 0.05) is 28.2 Å². The Labute approximate surface area is 126 Å². The van der Waals surface area contributed by atoms with Gasteiger partial charge < -0.3 is 5.32 Å². The molecule has 0 aromatic heterocycles. The Balaban J connectivity index is 2.15. The molecule has 0 aliphatic rings. The van der Waals surface area contributed by atoms with Gasteiger partial charge in [0.2, 0.25) is 0 Å². The highest BCUT2D eigenvalue weighted by atomic mass is 79.9. The lowest BCUT2D eigenvalue weighted by molar-refractivity contribution is 0.469. The minimum absolute atomic E-state index is 0.0463. The van der Waals surface area contributed by atoms with Gasteiger partial charge in [-0.05, 0) is 31.5 Å². The molecular weight excluding hydrogens is 324 g/mol. The standard InChI is InChI=1S/C16H16BrF2N/c1-10(13-5-3-4-6-15(13)17)20-11(2)14-8-7-12(18)9-16(14)19/h3-11,20H,1-2H3/t10-,11?/m0/s1. The van der Waals surface area contributed by atoms with E-state index in [1.165, 1.54) is 12.1 Å². The van der Waals surface area contributed by atoms with Crippen molar-refractivity contribution in [1.82, 2.24) is 5.32 Å². The fraction of sp³-hybridized carbons (Fsp3) is 0.250. The first-order valence-corrected chi connectivity index (χ1v) is 7.23. The molecule has 0 fully saturated rings. The zero-order valence-corrected chi connectivity index (χ0v) is 12.9. The highest BCUT2D eigenvalue weighted by Crippen LogP contribution is 2.26. The lowest BCUT2D eigenvalue weighted by Gasteiger charge is -2.22. The highest BCUT2D eigenvalue weighted by molar-refractivity contribution is 9.10. The molecule has 0 heterocycles. The lowest BCUT2D eigenvalue weighted by Crippen LogP contribution is -2.23. The zero-order valence-electron chi connectivity index (χ0n) is 11.3. The van der Waals surface area contributed by atoms with Crippen LogP contribution in [0.25, 0.3) is 0 Å². The van der Waals surface area contributed by atoms with Gasteiger partial charge in [0.25, 0.3) is 0 Å². The van der Waals surface area contributed by atoms with E-state index in [0.717, 1.165) is 16.1 Å². The van der Waals surface area contributed by atoms with Crippen LogP contribution in [-0.2, 0) is 0 Å². The highest BCUT2D eigenvalue weighted by Gasteiger charge is 2.16. The molecule has 0 aliphatic carbocycles. The molecule has 0 bridgehead atoms. The van der Waals surface area contributed by atoms with E-state index < -0.39 is 11.6 Å². The van der Waals surface area contributed by atoms with E-state index in [0.29, 0.717) is 5.56 Å². The van der Waals surface area contributed by atoms with Gasteiger partial charge in [-0.2, -0.15) is 0 Å². The fourth-order valence-corrected chi connectivity index (χ4v) is 2.86. The van der Waals surface area contributed by atoms with Crippen molar-refractivity contribution >= 4 is 15.9 Å². The SMILES string of the molecule is CC(N[C@@H](C)c1ccccc1Br)c1ccc(F)cc1F. The second-order valence-electron chi connectivity index (χ2n) is 4.80. The maximum absolute atomic E-state index is 13.7. The van der Waals surface area contributed by atoms with Crippen molar-refractivity contribution in [3.63, 3.8) is 0 Å². The Kier molecular flexibility index (Phi) is 4.89. The first kappa shape index (κ1) is 15.1. The van der Waals surface area contributed by atoms with Crippen molar-refractivity contribution in [2.75, 3.05) is 0 Å². The van der Waals surface area contributed by atoms with Crippen LogP contribution in [0.1, 0.15) is 37.1 Å². The number of nitrogens with one attached hydrogen (secondary N) is 1. The van der Waals surface area contributed by atoms with Crippen molar-refractivity contribution in [2.24, 2.45) is 0 Å². The summed E-state index contributed by atoms with van der Waals surface area (Å²) in [4.78, 5) is 0. The maximum Gasteiger partial charge on any atom is 0.130 e. The predicted molar refractivity (Wildman–Crippen MR) is 80.5 cm³/mol. The molecule has 4 heteroatoms. The van der Waals surface area contributed by atoms with Gasteiger partial charge >= 0.3 is 0 Å². The van der Waals surface area contributed by atoms with Gasteiger partial charge in [-0.1, -0.05) is 40.2 Å². The quantitative estimate of drug-likeness (QED) is 0.813. The molecule has 2 rings (SSSR count). The minimum Gasteiger partial charge on any atom is -0.304 e. The number of hydrogen-bond acceptors (Lipinski definition) is 1. The van der Waals surface area contributed by atoms with E-state index >= 15 is 0 Å². The fourth-order valence-electron chi connectivity index (χ4n) is 2.23. The summed E-state index contributed by atoms with van der Waals surface area (Å²) < 4.78 is 27.7. The summed E-state index contributed by atoms with van der Waals surface area (Å²) in [6.45, 7) is 3.88. The molecule has 0 saturated heterocycles. The van der Waals surface area contributed by atoms with Gasteiger partial charge in [-0.25, -0.2) is 8.78 Å². The molecular formula is C16H16BrF2N. The van der Waals surface area contributed by atoms with E-state index in [-0.39, 0.29) is 12.1 Å². The molecule has 1 N–H and O–H groups in total. The van der Waals surface area contributed by atoms with Crippen molar-refractivity contribution < 1.29 is 8.78 Å². The Hall–Kier alpha value is -1.26. The smallest absolute Gasteiger partial charge is 0.130 e. The molecule has 0 aliphatic heterocycles. The zero-order chi connectivity index (χ0) is 14.7. The first-order valence-electron chi connectivity index (χ1n) is 6.44. The maximum atomic E-state index is 13.7. The molecule has 106 valence electrons. The molecule has 2 atom stereocenters. The van der Waals surface area contributed by atoms with E-state index in [2.05, 4.69) is 21.2 Å². The largest absolute Gasteiger partial charge is 0.304 e. The van der Waals surface area contributed by atoms with Crippen molar-refractivity contribution in [3.8, 4) is 0 Å². The normalized spacial score (nSPS) is 14.1. The molecule has 1 nitrogen and oxygen atoms in total. The third kappa shape index (κ3) is 3.44. The van der Waals surface area contributed by atoms with Gasteiger partial charge in [0.1, 0.15) is 11.6 Å². The Morgan fingerprint density at radius 3 is 2.25 bits per heavy atom. The summed E-state index contributed by atoms with van der Waals surface area (Å²) in [5.74, 6) is -1.08. The van der Waals surface area contributed by atoms with Gasteiger partial charge in [0.05, 0.1) is 0 Å². The second kappa shape index (κ2) is 6.46. The van der Waals surface area contributed by atoms with Gasteiger partial charge in [-0.15, -0.1) is 0 Å². The minimum atomic E-state index is -0.558. The first-order chi connectivity index (χ1) is 9.49. The molecule has 0 radical (unpaired) electrons. The molecule has 0 spiro atoms. The van der Waals surface area contributed by atoms with Crippen LogP contribution in [0.3, 0.4) is 0 Å². The summed E-state index contributed by atoms with van der Waals surface area (Å²) in [5.41, 5.74) is 1.56. The third-order valence-electron chi connectivity index (χ3n) is 3.30. The van der Waals surface area contributed by atoms with Crippen LogP contribution >= 0.6 is 15.9 Å². The number of hydrogen-bond donors (Lipinski definition) is 1. The van der Waals surface area contributed by atoms with Crippen molar-refractivity contribution in [1.29, 1.82) is 0 Å². The van der Waals surface area contributed by atoms with Crippen LogP contribution < -0.4 is 5.32 Å². The summed E-state index contributed by atoms with van der Waals surface area (Å²) in [5, 5.41) is 3.32. The van der Waals surface area contributed by atoms with Crippen LogP contribution in [0.15, 0.2) is 46.9 Å². The van der Waals surface area contributed by atoms with E-state index in [4.69, 9.17) is 0 Å². The number of rotatable bonds is 4. The molecule has 2 aromatic carbocycles. The Bertz CT molecular complexity index is 601. The van der Waals surface area contributed by atoms with E-state index in [1.807, 2.05) is 38.1 Å². The topological polar surface area (TPSA) is 12.0 Å². The third-order valence-corrected chi connectivity index (χ3v) is 4.02. The number of benzene rings is 2. The summed E-state index contributed by atoms with van der Waals surface area (Å²) in [6, 6.07) is 11.4. The summed E-state index contributed by atoms with van der Waals surface area (Å²) >= 11 is 3.50. The van der Waals surface area contributed by atoms with E-state index in [9.17, 15) is 8.78 Å². The predicted octanol–water partition coefficient (Wildman–Crippen LogP) is 5.14. The van der Waals surface area contributed by atoms with Crippen LogP contribution in [-0.4, -0.2) is 0 Å². The van der Waals surface area contributed by atoms with Gasteiger partial charge in [-0.3, -0.25) is 0 Å². The van der Waals surface area contributed by atoms with Crippen LogP contribution in [0.2, 0.25) is 0 Å². The van der Waals surface area contributed by atoms with Crippen LogP contribution in [0.5, 0.6) is 0 Å². The molecule has 1 unspecified atom stereocenters. The van der Waals surface area contributed by atoms with Gasteiger partial charge in [0.15, 0.2) is 0 Å². The van der Waals surface area contributed by atoms with Crippen molar-refractivity contribution in [3.05, 3.63) is 69.7 Å². The van der Waals surface area contributed by atoms with E-state index in [1.54, 1.807) is 0 Å². The number of halogens is 3. The summed E-state index contributed by atoms with van der Waals surface area (Å²) in [6.07, 6.45) is 0. The van der Waals surface area contributed by atoms with Crippen LogP contribution in [0.4, 0.5) is 8.78 Å². The Morgan fingerprint density at radius 1 is 0.950 bits per heavy atom. The average Bonchev–Trinajstić information content (AvgIpc) is 2.38. The molecule has 20 heavy (non-hydrogen) atoms. The second-order valence-corrected chi connectivity index (χ2v) is 5.65. The van der Waals surface area contributed by atoms with Crippen molar-refractivity contribution in [2.45, 2.75) is 25.9 Å². The lowest BCUT2D eigenvalue weighted by atomic mass is 10.0. The van der Waals surface area contributed by atoms with Crippen LogP contribution in [0, 0.1) is 11.6 Å². The monoisotopic (exact) mass is 339 g/mol. The molecule has 0 saturated carbocycles. The Morgan fingerprint density at radius 2 is 1.60 bits per heavy atom. The average molecular weight is 340 g/mol. The molecule has 0 amide bonds.